The topological polar surface area (TPSA) is 25.8 Å². The molecule has 1 heterocycles. The number of aryl methyl sites for hydroxylation is 2. The van der Waals surface area contributed by atoms with Crippen LogP contribution in [-0.2, 0) is 12.8 Å². The molecule has 80 valence electrons. The van der Waals surface area contributed by atoms with E-state index in [1.54, 1.807) is 0 Å². The smallest absolute Gasteiger partial charge is 0.136 e. The molecule has 1 aromatic carbocycles. The van der Waals surface area contributed by atoms with Crippen molar-refractivity contribution in [2.45, 2.75) is 19.8 Å². The van der Waals surface area contributed by atoms with Gasteiger partial charge in [0.1, 0.15) is 11.0 Å². The minimum atomic E-state index is 0.608. The van der Waals surface area contributed by atoms with Crippen LogP contribution in [0.15, 0.2) is 24.3 Å². The van der Waals surface area contributed by atoms with Gasteiger partial charge in [0.2, 0.25) is 0 Å². The molecule has 0 N–H and O–H groups in total. The number of halogens is 1. The Kier molecular flexibility index (Phi) is 2.18. The van der Waals surface area contributed by atoms with Crippen LogP contribution in [0.3, 0.4) is 0 Å². The number of rotatable bonds is 0. The third-order valence-electron chi connectivity index (χ3n) is 2.99. The average Bonchev–Trinajstić information content (AvgIpc) is 2.28. The molecule has 1 aliphatic carbocycles. The summed E-state index contributed by atoms with van der Waals surface area (Å²) < 4.78 is 0. The normalized spacial score (nSPS) is 13.1. The summed E-state index contributed by atoms with van der Waals surface area (Å²) >= 11 is 6.16. The Balaban J connectivity index is 2.31. The fraction of sp³-hybridized carbons (Fsp3) is 0.231. The van der Waals surface area contributed by atoms with Crippen LogP contribution in [0.25, 0.3) is 11.3 Å². The van der Waals surface area contributed by atoms with Crippen molar-refractivity contribution >= 4 is 11.6 Å². The standard InChI is InChI=1S/C13H11ClN2/c1-8-15-12-10-5-3-2-4-9(10)6-7-11(12)13(14)16-8/h2-5H,6-7H2,1H3. The first kappa shape index (κ1) is 9.79. The molecule has 1 aliphatic rings. The van der Waals surface area contributed by atoms with Gasteiger partial charge in [0.25, 0.3) is 0 Å². The summed E-state index contributed by atoms with van der Waals surface area (Å²) in [5.41, 5.74) is 4.66. The highest BCUT2D eigenvalue weighted by molar-refractivity contribution is 6.30. The molecule has 0 amide bonds. The molecule has 0 atom stereocenters. The molecule has 0 radical (unpaired) electrons. The van der Waals surface area contributed by atoms with Crippen molar-refractivity contribution < 1.29 is 0 Å². The number of nitrogens with zero attached hydrogens (tertiary/aromatic N) is 2. The van der Waals surface area contributed by atoms with Crippen LogP contribution in [-0.4, -0.2) is 9.97 Å². The third-order valence-corrected chi connectivity index (χ3v) is 3.30. The van der Waals surface area contributed by atoms with Crippen LogP contribution in [0.2, 0.25) is 5.15 Å². The first-order valence-corrected chi connectivity index (χ1v) is 5.75. The van der Waals surface area contributed by atoms with E-state index in [1.165, 1.54) is 11.1 Å². The summed E-state index contributed by atoms with van der Waals surface area (Å²) in [4.78, 5) is 8.73. The van der Waals surface area contributed by atoms with Crippen LogP contribution < -0.4 is 0 Å². The van der Waals surface area contributed by atoms with Crippen molar-refractivity contribution in [3.05, 3.63) is 46.4 Å². The maximum Gasteiger partial charge on any atom is 0.136 e. The van der Waals surface area contributed by atoms with Crippen molar-refractivity contribution in [2.75, 3.05) is 0 Å². The van der Waals surface area contributed by atoms with E-state index < -0.39 is 0 Å². The van der Waals surface area contributed by atoms with E-state index >= 15 is 0 Å². The highest BCUT2D eigenvalue weighted by atomic mass is 35.5. The Labute approximate surface area is 99.3 Å². The quantitative estimate of drug-likeness (QED) is 0.650. The lowest BCUT2D eigenvalue weighted by atomic mass is 9.90. The van der Waals surface area contributed by atoms with Gasteiger partial charge in [-0.2, -0.15) is 0 Å². The molecule has 0 bridgehead atoms. The maximum absolute atomic E-state index is 6.16. The Hall–Kier alpha value is -1.41. The van der Waals surface area contributed by atoms with Gasteiger partial charge in [-0.25, -0.2) is 9.97 Å². The van der Waals surface area contributed by atoms with Gasteiger partial charge in [-0.1, -0.05) is 35.9 Å². The van der Waals surface area contributed by atoms with E-state index in [9.17, 15) is 0 Å². The van der Waals surface area contributed by atoms with Crippen LogP contribution in [0.5, 0.6) is 0 Å². The molecule has 16 heavy (non-hydrogen) atoms. The van der Waals surface area contributed by atoms with Gasteiger partial charge in [0.05, 0.1) is 5.69 Å². The fourth-order valence-electron chi connectivity index (χ4n) is 2.23. The lowest BCUT2D eigenvalue weighted by Crippen LogP contribution is -2.08. The van der Waals surface area contributed by atoms with Crippen molar-refractivity contribution in [2.24, 2.45) is 0 Å². The molecule has 0 aliphatic heterocycles. The van der Waals surface area contributed by atoms with Gasteiger partial charge < -0.3 is 0 Å². The maximum atomic E-state index is 6.16. The molecule has 0 unspecified atom stereocenters. The molecule has 0 saturated heterocycles. The van der Waals surface area contributed by atoms with Crippen LogP contribution in [0, 0.1) is 6.92 Å². The molecular formula is C13H11ClN2. The first-order chi connectivity index (χ1) is 7.75. The predicted octanol–water partition coefficient (Wildman–Crippen LogP) is 3.20. The second-order valence-corrected chi connectivity index (χ2v) is 4.40. The highest BCUT2D eigenvalue weighted by Crippen LogP contribution is 2.34. The number of hydrogen-bond donors (Lipinski definition) is 0. The molecule has 0 fully saturated rings. The van der Waals surface area contributed by atoms with Gasteiger partial charge in [-0.05, 0) is 25.3 Å². The highest BCUT2D eigenvalue weighted by Gasteiger charge is 2.20. The molecule has 0 saturated carbocycles. The fourth-order valence-corrected chi connectivity index (χ4v) is 2.54. The zero-order valence-electron chi connectivity index (χ0n) is 9.00. The van der Waals surface area contributed by atoms with Crippen molar-refractivity contribution in [1.82, 2.24) is 9.97 Å². The Morgan fingerprint density at radius 1 is 1.12 bits per heavy atom. The Bertz CT molecular complexity index is 564. The van der Waals surface area contributed by atoms with Gasteiger partial charge in [-0.3, -0.25) is 0 Å². The molecule has 2 nitrogen and oxygen atoms in total. The summed E-state index contributed by atoms with van der Waals surface area (Å²) in [6, 6.07) is 8.37. The summed E-state index contributed by atoms with van der Waals surface area (Å²) in [6.07, 6.45) is 1.96. The number of benzene rings is 1. The molecule has 1 aromatic heterocycles. The van der Waals surface area contributed by atoms with Gasteiger partial charge in [-0.15, -0.1) is 0 Å². The number of hydrogen-bond acceptors (Lipinski definition) is 2. The lowest BCUT2D eigenvalue weighted by molar-refractivity contribution is 0.896. The SMILES string of the molecule is Cc1nc(Cl)c2c(n1)-c1ccccc1CC2. The van der Waals surface area contributed by atoms with E-state index in [1.807, 2.05) is 13.0 Å². The van der Waals surface area contributed by atoms with E-state index in [-0.39, 0.29) is 0 Å². The molecule has 2 aromatic rings. The second kappa shape index (κ2) is 3.56. The summed E-state index contributed by atoms with van der Waals surface area (Å²) in [5, 5.41) is 0.608. The van der Waals surface area contributed by atoms with E-state index in [2.05, 4.69) is 28.2 Å². The monoisotopic (exact) mass is 230 g/mol. The zero-order chi connectivity index (χ0) is 11.1. The van der Waals surface area contributed by atoms with Crippen molar-refractivity contribution in [3.8, 4) is 11.3 Å². The summed E-state index contributed by atoms with van der Waals surface area (Å²) in [7, 11) is 0. The van der Waals surface area contributed by atoms with Crippen LogP contribution in [0.4, 0.5) is 0 Å². The molecule has 0 spiro atoms. The van der Waals surface area contributed by atoms with Crippen molar-refractivity contribution in [1.29, 1.82) is 0 Å². The first-order valence-electron chi connectivity index (χ1n) is 5.37. The van der Waals surface area contributed by atoms with E-state index in [0.717, 1.165) is 29.9 Å². The largest absolute Gasteiger partial charge is 0.233 e. The van der Waals surface area contributed by atoms with E-state index in [0.29, 0.717) is 5.15 Å². The van der Waals surface area contributed by atoms with Crippen molar-refractivity contribution in [3.63, 3.8) is 0 Å². The van der Waals surface area contributed by atoms with Crippen LogP contribution >= 0.6 is 11.6 Å². The zero-order valence-corrected chi connectivity index (χ0v) is 9.75. The summed E-state index contributed by atoms with van der Waals surface area (Å²) in [5.74, 6) is 0.737. The second-order valence-electron chi connectivity index (χ2n) is 4.05. The molecular weight excluding hydrogens is 220 g/mol. The third kappa shape index (κ3) is 1.41. The lowest BCUT2D eigenvalue weighted by Gasteiger charge is -2.19. The Morgan fingerprint density at radius 2 is 1.94 bits per heavy atom. The van der Waals surface area contributed by atoms with Gasteiger partial charge in [0.15, 0.2) is 0 Å². The minimum absolute atomic E-state index is 0.608. The Morgan fingerprint density at radius 3 is 2.81 bits per heavy atom. The van der Waals surface area contributed by atoms with Gasteiger partial charge >= 0.3 is 0 Å². The number of fused-ring (bicyclic) bond motifs is 3. The summed E-state index contributed by atoms with van der Waals surface area (Å²) in [6.45, 7) is 1.88. The molecule has 3 rings (SSSR count). The van der Waals surface area contributed by atoms with Gasteiger partial charge in [0, 0.05) is 11.1 Å². The number of aromatic nitrogens is 2. The van der Waals surface area contributed by atoms with E-state index in [4.69, 9.17) is 11.6 Å². The minimum Gasteiger partial charge on any atom is -0.233 e. The predicted molar refractivity (Wildman–Crippen MR) is 64.6 cm³/mol. The molecule has 3 heteroatoms. The average molecular weight is 231 g/mol. The van der Waals surface area contributed by atoms with Crippen LogP contribution in [0.1, 0.15) is 17.0 Å².